The Morgan fingerprint density at radius 1 is 1.26 bits per heavy atom. The number of aromatic nitrogens is 1. The van der Waals surface area contributed by atoms with Crippen LogP contribution in [0.4, 0.5) is 5.82 Å². The van der Waals surface area contributed by atoms with Crippen LogP contribution in [-0.2, 0) is 4.79 Å². The summed E-state index contributed by atoms with van der Waals surface area (Å²) in [6.07, 6.45) is 3.24. The van der Waals surface area contributed by atoms with Crippen LogP contribution in [0.3, 0.4) is 0 Å². The standard InChI is InChI=1S/C16H9ClN4OS/c17-12-5-6-14(19-9-12)20-16-21-15(22)13(23-16)7-10-1-3-11(8-18)4-2-10/h1-7,9H,(H,19,20,21,22)/b13-7-. The van der Waals surface area contributed by atoms with E-state index in [4.69, 9.17) is 16.9 Å². The summed E-state index contributed by atoms with van der Waals surface area (Å²) in [5.41, 5.74) is 1.42. The molecule has 1 amide bonds. The summed E-state index contributed by atoms with van der Waals surface area (Å²) in [6.45, 7) is 0. The zero-order valence-corrected chi connectivity index (χ0v) is 13.2. The molecule has 2 aromatic rings. The largest absolute Gasteiger partial charge is 0.300 e. The number of carbonyl (C=O) groups excluding carboxylic acids is 1. The molecule has 0 spiro atoms. The lowest BCUT2D eigenvalue weighted by atomic mass is 10.1. The number of nitrogens with zero attached hydrogens (tertiary/aromatic N) is 3. The Balaban J connectivity index is 1.80. The van der Waals surface area contributed by atoms with E-state index in [1.54, 1.807) is 42.5 Å². The first-order valence-corrected chi connectivity index (χ1v) is 7.75. The highest BCUT2D eigenvalue weighted by Crippen LogP contribution is 2.27. The van der Waals surface area contributed by atoms with Gasteiger partial charge < -0.3 is 5.32 Å². The second kappa shape index (κ2) is 6.65. The third-order valence-corrected chi connectivity index (χ3v) is 4.05. The van der Waals surface area contributed by atoms with Crippen LogP contribution < -0.4 is 5.32 Å². The Labute approximate surface area is 141 Å². The number of amidine groups is 1. The summed E-state index contributed by atoms with van der Waals surface area (Å²) < 4.78 is 0. The predicted octanol–water partition coefficient (Wildman–Crippen LogP) is 3.50. The molecular weight excluding hydrogens is 332 g/mol. The fourth-order valence-electron chi connectivity index (χ4n) is 1.82. The van der Waals surface area contributed by atoms with Crippen LogP contribution >= 0.6 is 23.4 Å². The van der Waals surface area contributed by atoms with Gasteiger partial charge in [0.25, 0.3) is 5.91 Å². The van der Waals surface area contributed by atoms with Gasteiger partial charge in [-0.15, -0.1) is 0 Å². The highest BCUT2D eigenvalue weighted by Gasteiger charge is 2.23. The molecular formula is C16H9ClN4OS. The van der Waals surface area contributed by atoms with E-state index in [0.717, 1.165) is 5.56 Å². The van der Waals surface area contributed by atoms with E-state index in [1.807, 2.05) is 0 Å². The van der Waals surface area contributed by atoms with E-state index < -0.39 is 0 Å². The number of carbonyl (C=O) groups is 1. The molecule has 7 heteroatoms. The third-order valence-electron chi connectivity index (χ3n) is 2.92. The molecule has 3 rings (SSSR count). The Morgan fingerprint density at radius 3 is 2.70 bits per heavy atom. The summed E-state index contributed by atoms with van der Waals surface area (Å²) in [4.78, 5) is 20.8. The van der Waals surface area contributed by atoms with Gasteiger partial charge in [0, 0.05) is 6.20 Å². The van der Waals surface area contributed by atoms with Crippen LogP contribution in [0.25, 0.3) is 6.08 Å². The van der Waals surface area contributed by atoms with Gasteiger partial charge in [-0.2, -0.15) is 5.26 Å². The fraction of sp³-hybridized carbons (Fsp3) is 0. The number of nitriles is 1. The molecule has 112 valence electrons. The van der Waals surface area contributed by atoms with E-state index in [2.05, 4.69) is 21.4 Å². The molecule has 1 aliphatic heterocycles. The van der Waals surface area contributed by atoms with E-state index in [-0.39, 0.29) is 5.91 Å². The van der Waals surface area contributed by atoms with Crippen molar-refractivity contribution in [3.05, 3.63) is 63.6 Å². The predicted molar refractivity (Wildman–Crippen MR) is 91.2 cm³/mol. The number of thioether (sulfide) groups is 1. The minimum atomic E-state index is -0.216. The maximum atomic E-state index is 12.0. The maximum absolute atomic E-state index is 12.0. The molecule has 0 atom stereocenters. The number of hydrogen-bond donors (Lipinski definition) is 1. The Bertz CT molecular complexity index is 851. The van der Waals surface area contributed by atoms with Gasteiger partial charge in [0.15, 0.2) is 11.0 Å². The lowest BCUT2D eigenvalue weighted by Gasteiger charge is -1.95. The quantitative estimate of drug-likeness (QED) is 0.849. The van der Waals surface area contributed by atoms with Crippen molar-refractivity contribution in [2.75, 3.05) is 0 Å². The van der Waals surface area contributed by atoms with Crippen molar-refractivity contribution in [1.82, 2.24) is 10.3 Å². The summed E-state index contributed by atoms with van der Waals surface area (Å²) >= 11 is 7.01. The Morgan fingerprint density at radius 2 is 2.04 bits per heavy atom. The smallest absolute Gasteiger partial charge is 0.264 e. The molecule has 1 saturated heterocycles. The minimum Gasteiger partial charge on any atom is -0.300 e. The summed E-state index contributed by atoms with van der Waals surface area (Å²) in [6, 6.07) is 12.4. The summed E-state index contributed by atoms with van der Waals surface area (Å²) in [7, 11) is 0. The maximum Gasteiger partial charge on any atom is 0.264 e. The molecule has 0 bridgehead atoms. The molecule has 2 heterocycles. The first-order chi connectivity index (χ1) is 11.1. The van der Waals surface area contributed by atoms with Gasteiger partial charge in [-0.3, -0.25) is 4.79 Å². The van der Waals surface area contributed by atoms with Crippen molar-refractivity contribution >= 4 is 46.3 Å². The average molecular weight is 341 g/mol. The monoisotopic (exact) mass is 340 g/mol. The van der Waals surface area contributed by atoms with Gasteiger partial charge in [-0.25, -0.2) is 9.98 Å². The van der Waals surface area contributed by atoms with Crippen molar-refractivity contribution in [2.24, 2.45) is 4.99 Å². The van der Waals surface area contributed by atoms with Crippen LogP contribution in [-0.4, -0.2) is 16.1 Å². The van der Waals surface area contributed by atoms with E-state index >= 15 is 0 Å². The number of pyridine rings is 1. The van der Waals surface area contributed by atoms with Crippen molar-refractivity contribution in [3.63, 3.8) is 0 Å². The van der Waals surface area contributed by atoms with Gasteiger partial charge in [0.2, 0.25) is 0 Å². The number of amides is 1. The highest BCUT2D eigenvalue weighted by atomic mass is 35.5. The van der Waals surface area contributed by atoms with Crippen LogP contribution in [0, 0.1) is 11.3 Å². The number of rotatable bonds is 2. The van der Waals surface area contributed by atoms with Crippen molar-refractivity contribution in [1.29, 1.82) is 5.26 Å². The second-order valence-corrected chi connectivity index (χ2v) is 6.02. The molecule has 1 aromatic heterocycles. The normalized spacial score (nSPS) is 17.3. The second-order valence-electron chi connectivity index (χ2n) is 4.55. The van der Waals surface area contributed by atoms with Crippen LogP contribution in [0.1, 0.15) is 11.1 Å². The molecule has 1 aromatic carbocycles. The molecule has 0 unspecified atom stereocenters. The van der Waals surface area contributed by atoms with Crippen molar-refractivity contribution < 1.29 is 4.79 Å². The van der Waals surface area contributed by atoms with Crippen LogP contribution in [0.15, 0.2) is 52.5 Å². The number of nitrogens with one attached hydrogen (secondary N) is 1. The van der Waals surface area contributed by atoms with Crippen molar-refractivity contribution in [3.8, 4) is 6.07 Å². The Hall–Kier alpha value is -2.62. The molecule has 0 aliphatic carbocycles. The number of hydrogen-bond acceptors (Lipinski definition) is 5. The number of aliphatic imine (C=N–C) groups is 1. The zero-order chi connectivity index (χ0) is 16.2. The number of benzene rings is 1. The molecule has 1 N–H and O–H groups in total. The lowest BCUT2D eigenvalue weighted by Crippen LogP contribution is -2.19. The summed E-state index contributed by atoms with van der Waals surface area (Å²) in [5.74, 6) is 0.254. The highest BCUT2D eigenvalue weighted by molar-refractivity contribution is 8.18. The molecule has 0 radical (unpaired) electrons. The van der Waals surface area contributed by atoms with Gasteiger partial charge in [-0.1, -0.05) is 23.7 Å². The lowest BCUT2D eigenvalue weighted by molar-refractivity contribution is -0.115. The zero-order valence-electron chi connectivity index (χ0n) is 11.7. The molecule has 5 nitrogen and oxygen atoms in total. The third kappa shape index (κ3) is 3.77. The minimum absolute atomic E-state index is 0.216. The van der Waals surface area contributed by atoms with Gasteiger partial charge in [0.05, 0.1) is 21.6 Å². The first-order valence-electron chi connectivity index (χ1n) is 6.55. The topological polar surface area (TPSA) is 78.1 Å². The van der Waals surface area contributed by atoms with Crippen LogP contribution in [0.2, 0.25) is 5.02 Å². The van der Waals surface area contributed by atoms with Gasteiger partial charge >= 0.3 is 0 Å². The summed E-state index contributed by atoms with van der Waals surface area (Å²) in [5, 5.41) is 12.5. The van der Waals surface area contributed by atoms with Crippen molar-refractivity contribution in [2.45, 2.75) is 0 Å². The first kappa shape index (κ1) is 15.3. The SMILES string of the molecule is N#Cc1ccc(/C=C2\SC(=Nc3ccc(Cl)cn3)NC2=O)cc1. The average Bonchev–Trinajstić information content (AvgIpc) is 2.90. The molecule has 1 aliphatic rings. The fourth-order valence-corrected chi connectivity index (χ4v) is 2.77. The van der Waals surface area contributed by atoms with Gasteiger partial charge in [-0.05, 0) is 47.7 Å². The Kier molecular flexibility index (Phi) is 4.42. The van der Waals surface area contributed by atoms with E-state index in [1.165, 1.54) is 18.0 Å². The van der Waals surface area contributed by atoms with Crippen LogP contribution in [0.5, 0.6) is 0 Å². The molecule has 1 fully saturated rings. The van der Waals surface area contributed by atoms with Gasteiger partial charge in [0.1, 0.15) is 0 Å². The molecule has 23 heavy (non-hydrogen) atoms. The van der Waals surface area contributed by atoms with E-state index in [0.29, 0.717) is 26.5 Å². The van der Waals surface area contributed by atoms with E-state index in [9.17, 15) is 4.79 Å². The molecule has 0 saturated carbocycles. The number of halogens is 1.